The molecule has 1 heteroatoms. The topological polar surface area (TPSA) is 9.23 Å². The Balaban J connectivity index is 2.72. The zero-order valence-corrected chi connectivity index (χ0v) is 9.70. The maximum Gasteiger partial charge on any atom is 0.119 e. The molecule has 0 bridgehead atoms. The van der Waals surface area contributed by atoms with Crippen molar-refractivity contribution in [3.05, 3.63) is 42.5 Å². The predicted octanol–water partition coefficient (Wildman–Crippen LogP) is 4.16. The molecule has 1 atom stereocenters. The Hall–Kier alpha value is -1.24. The lowest BCUT2D eigenvalue weighted by Crippen LogP contribution is -1.96. The largest absolute Gasteiger partial charge is 0.494 e. The van der Waals surface area contributed by atoms with Gasteiger partial charge in [-0.05, 0) is 43.4 Å². The van der Waals surface area contributed by atoms with Crippen LogP contribution in [0.5, 0.6) is 5.75 Å². The van der Waals surface area contributed by atoms with E-state index in [1.165, 1.54) is 5.56 Å². The van der Waals surface area contributed by atoms with Crippen LogP contribution in [-0.4, -0.2) is 6.61 Å². The van der Waals surface area contributed by atoms with Gasteiger partial charge in [-0.25, -0.2) is 0 Å². The number of rotatable bonds is 6. The summed E-state index contributed by atoms with van der Waals surface area (Å²) in [5, 5.41) is 0. The molecule has 0 fully saturated rings. The average Bonchev–Trinajstić information content (AvgIpc) is 2.28. The smallest absolute Gasteiger partial charge is 0.119 e. The summed E-state index contributed by atoms with van der Waals surface area (Å²) in [7, 11) is 0. The highest BCUT2D eigenvalue weighted by Gasteiger charge is 2.06. The van der Waals surface area contributed by atoms with Crippen LogP contribution in [0.3, 0.4) is 0 Å². The van der Waals surface area contributed by atoms with Crippen LogP contribution in [0.4, 0.5) is 0 Å². The van der Waals surface area contributed by atoms with E-state index in [0.717, 1.165) is 25.2 Å². The Morgan fingerprint density at radius 3 is 2.40 bits per heavy atom. The van der Waals surface area contributed by atoms with E-state index in [1.807, 2.05) is 25.1 Å². The van der Waals surface area contributed by atoms with Gasteiger partial charge in [-0.3, -0.25) is 0 Å². The average molecular weight is 204 g/mol. The highest BCUT2D eigenvalue weighted by molar-refractivity contribution is 5.29. The van der Waals surface area contributed by atoms with Crippen LogP contribution in [0.25, 0.3) is 0 Å². The van der Waals surface area contributed by atoms with E-state index in [9.17, 15) is 0 Å². The molecule has 0 aliphatic rings. The van der Waals surface area contributed by atoms with Crippen LogP contribution in [0, 0.1) is 0 Å². The normalized spacial score (nSPS) is 12.1. The molecular formula is C14H20O. The van der Waals surface area contributed by atoms with Crippen molar-refractivity contribution in [1.29, 1.82) is 0 Å². The Labute approximate surface area is 92.8 Å². The lowest BCUT2D eigenvalue weighted by molar-refractivity contribution is 0.340. The molecule has 1 aromatic rings. The SMILES string of the molecule is C=CCC(CC)c1ccc(OCC)cc1. The lowest BCUT2D eigenvalue weighted by Gasteiger charge is -2.13. The molecule has 1 unspecified atom stereocenters. The van der Waals surface area contributed by atoms with Crippen LogP contribution in [0.15, 0.2) is 36.9 Å². The van der Waals surface area contributed by atoms with Crippen LogP contribution in [0.1, 0.15) is 38.2 Å². The molecule has 15 heavy (non-hydrogen) atoms. The maximum absolute atomic E-state index is 5.41. The molecule has 0 radical (unpaired) electrons. The number of benzene rings is 1. The van der Waals surface area contributed by atoms with E-state index in [4.69, 9.17) is 4.74 Å². The zero-order chi connectivity index (χ0) is 11.1. The highest BCUT2D eigenvalue weighted by Crippen LogP contribution is 2.25. The highest BCUT2D eigenvalue weighted by atomic mass is 16.5. The summed E-state index contributed by atoms with van der Waals surface area (Å²) < 4.78 is 5.41. The third kappa shape index (κ3) is 3.43. The lowest BCUT2D eigenvalue weighted by atomic mass is 9.93. The standard InChI is InChI=1S/C14H20O/c1-4-7-12(5-2)13-8-10-14(11-9-13)15-6-3/h4,8-12H,1,5-7H2,2-3H3. The van der Waals surface area contributed by atoms with Gasteiger partial charge < -0.3 is 4.74 Å². The minimum Gasteiger partial charge on any atom is -0.494 e. The minimum atomic E-state index is 0.596. The predicted molar refractivity (Wildman–Crippen MR) is 65.5 cm³/mol. The number of allylic oxidation sites excluding steroid dienone is 1. The van der Waals surface area contributed by atoms with Crippen molar-refractivity contribution in [2.45, 2.75) is 32.6 Å². The summed E-state index contributed by atoms with van der Waals surface area (Å²) in [6.45, 7) is 8.74. The second-order valence-electron chi connectivity index (χ2n) is 3.63. The van der Waals surface area contributed by atoms with Crippen molar-refractivity contribution in [1.82, 2.24) is 0 Å². The molecule has 0 heterocycles. The first kappa shape index (κ1) is 11.8. The quantitative estimate of drug-likeness (QED) is 0.632. The zero-order valence-electron chi connectivity index (χ0n) is 9.70. The van der Waals surface area contributed by atoms with Gasteiger partial charge in [0.15, 0.2) is 0 Å². The van der Waals surface area contributed by atoms with Gasteiger partial charge >= 0.3 is 0 Å². The van der Waals surface area contributed by atoms with E-state index >= 15 is 0 Å². The molecule has 82 valence electrons. The van der Waals surface area contributed by atoms with Gasteiger partial charge in [-0.15, -0.1) is 6.58 Å². The van der Waals surface area contributed by atoms with E-state index in [2.05, 4.69) is 25.6 Å². The van der Waals surface area contributed by atoms with E-state index < -0.39 is 0 Å². The summed E-state index contributed by atoms with van der Waals surface area (Å²) >= 11 is 0. The van der Waals surface area contributed by atoms with Crippen LogP contribution in [0.2, 0.25) is 0 Å². The fourth-order valence-corrected chi connectivity index (χ4v) is 1.74. The molecule has 0 aliphatic carbocycles. The number of hydrogen-bond donors (Lipinski definition) is 0. The first-order valence-electron chi connectivity index (χ1n) is 5.65. The monoisotopic (exact) mass is 204 g/mol. The first-order chi connectivity index (χ1) is 7.31. The molecule has 0 saturated heterocycles. The summed E-state index contributed by atoms with van der Waals surface area (Å²) in [4.78, 5) is 0. The summed E-state index contributed by atoms with van der Waals surface area (Å²) in [6.07, 6.45) is 4.19. The minimum absolute atomic E-state index is 0.596. The molecular weight excluding hydrogens is 184 g/mol. The van der Waals surface area contributed by atoms with Crippen molar-refractivity contribution in [3.8, 4) is 5.75 Å². The second-order valence-corrected chi connectivity index (χ2v) is 3.63. The van der Waals surface area contributed by atoms with Gasteiger partial charge in [-0.2, -0.15) is 0 Å². The van der Waals surface area contributed by atoms with E-state index in [0.29, 0.717) is 5.92 Å². The van der Waals surface area contributed by atoms with Crippen LogP contribution >= 0.6 is 0 Å². The van der Waals surface area contributed by atoms with Crippen molar-refractivity contribution in [2.24, 2.45) is 0 Å². The van der Waals surface area contributed by atoms with Gasteiger partial charge in [-0.1, -0.05) is 25.1 Å². The first-order valence-corrected chi connectivity index (χ1v) is 5.65. The number of hydrogen-bond acceptors (Lipinski definition) is 1. The molecule has 1 nitrogen and oxygen atoms in total. The van der Waals surface area contributed by atoms with Crippen LogP contribution in [-0.2, 0) is 0 Å². The molecule has 0 aromatic heterocycles. The fraction of sp³-hybridized carbons (Fsp3) is 0.429. The molecule has 0 amide bonds. The van der Waals surface area contributed by atoms with Crippen molar-refractivity contribution < 1.29 is 4.74 Å². The summed E-state index contributed by atoms with van der Waals surface area (Å²) in [6, 6.07) is 8.40. The molecule has 0 saturated carbocycles. The summed E-state index contributed by atoms with van der Waals surface area (Å²) in [5.41, 5.74) is 1.38. The Morgan fingerprint density at radius 2 is 1.93 bits per heavy atom. The fourth-order valence-electron chi connectivity index (χ4n) is 1.74. The Kier molecular flexibility index (Phi) is 4.96. The Bertz CT molecular complexity index is 287. The van der Waals surface area contributed by atoms with Crippen molar-refractivity contribution in [3.63, 3.8) is 0 Å². The molecule has 0 N–H and O–H groups in total. The maximum atomic E-state index is 5.41. The molecule has 1 aromatic carbocycles. The number of ether oxygens (including phenoxy) is 1. The van der Waals surface area contributed by atoms with Gasteiger partial charge in [0.05, 0.1) is 6.61 Å². The van der Waals surface area contributed by atoms with Gasteiger partial charge in [0.2, 0.25) is 0 Å². The third-order valence-corrected chi connectivity index (χ3v) is 2.61. The van der Waals surface area contributed by atoms with Gasteiger partial charge in [0, 0.05) is 0 Å². The summed E-state index contributed by atoms with van der Waals surface area (Å²) in [5.74, 6) is 1.55. The molecule has 1 rings (SSSR count). The second kappa shape index (κ2) is 6.28. The Morgan fingerprint density at radius 1 is 1.27 bits per heavy atom. The van der Waals surface area contributed by atoms with Crippen LogP contribution < -0.4 is 4.74 Å². The van der Waals surface area contributed by atoms with Gasteiger partial charge in [0.1, 0.15) is 5.75 Å². The molecule has 0 spiro atoms. The van der Waals surface area contributed by atoms with Crippen molar-refractivity contribution in [2.75, 3.05) is 6.61 Å². The van der Waals surface area contributed by atoms with Gasteiger partial charge in [0.25, 0.3) is 0 Å². The third-order valence-electron chi connectivity index (χ3n) is 2.61. The van der Waals surface area contributed by atoms with Crippen molar-refractivity contribution >= 4 is 0 Å². The van der Waals surface area contributed by atoms with E-state index in [-0.39, 0.29) is 0 Å². The molecule has 0 aliphatic heterocycles. The van der Waals surface area contributed by atoms with E-state index in [1.54, 1.807) is 0 Å².